The highest BCUT2D eigenvalue weighted by Crippen LogP contribution is 2.14. The van der Waals surface area contributed by atoms with Crippen molar-refractivity contribution in [3.8, 4) is 5.75 Å². The number of benzene rings is 2. The predicted octanol–water partition coefficient (Wildman–Crippen LogP) is 3.21. The molecule has 0 aliphatic carbocycles. The summed E-state index contributed by atoms with van der Waals surface area (Å²) in [7, 11) is 1.81. The fraction of sp³-hybridized carbons (Fsp3) is 0.278. The molecule has 0 aromatic heterocycles. The Hall–Kier alpha value is -2.29. The Morgan fingerprint density at radius 2 is 1.76 bits per heavy atom. The molecule has 0 atom stereocenters. The van der Waals surface area contributed by atoms with Crippen LogP contribution in [0.1, 0.15) is 22.3 Å². The Balaban J connectivity index is 2.02. The van der Waals surface area contributed by atoms with Gasteiger partial charge >= 0.3 is 0 Å². The first-order chi connectivity index (χ1) is 9.95. The number of nitrogens with zero attached hydrogens (tertiary/aromatic N) is 1. The van der Waals surface area contributed by atoms with Crippen LogP contribution >= 0.6 is 0 Å². The van der Waals surface area contributed by atoms with Crippen molar-refractivity contribution in [2.45, 2.75) is 26.8 Å². The summed E-state index contributed by atoms with van der Waals surface area (Å²) in [5.74, 6) is 0.333. The molecule has 110 valence electrons. The first-order valence-corrected chi connectivity index (χ1v) is 7.03. The van der Waals surface area contributed by atoms with E-state index < -0.39 is 0 Å². The van der Waals surface area contributed by atoms with Crippen LogP contribution in [-0.2, 0) is 17.8 Å². The zero-order chi connectivity index (χ0) is 15.4. The number of amides is 1. The van der Waals surface area contributed by atoms with Gasteiger partial charge in [-0.15, -0.1) is 0 Å². The lowest BCUT2D eigenvalue weighted by Gasteiger charge is -2.18. The van der Waals surface area contributed by atoms with E-state index in [0.717, 1.165) is 16.7 Å². The second kappa shape index (κ2) is 6.44. The van der Waals surface area contributed by atoms with Crippen molar-refractivity contribution < 1.29 is 9.90 Å². The van der Waals surface area contributed by atoms with Gasteiger partial charge in [0, 0.05) is 13.6 Å². The van der Waals surface area contributed by atoms with Gasteiger partial charge in [-0.1, -0.05) is 35.9 Å². The fourth-order valence-electron chi connectivity index (χ4n) is 2.25. The molecule has 0 aliphatic heterocycles. The third-order valence-electron chi connectivity index (χ3n) is 3.63. The predicted molar refractivity (Wildman–Crippen MR) is 84.2 cm³/mol. The van der Waals surface area contributed by atoms with Gasteiger partial charge in [0.1, 0.15) is 5.75 Å². The summed E-state index contributed by atoms with van der Waals surface area (Å²) >= 11 is 0. The maximum Gasteiger partial charge on any atom is 0.227 e. The van der Waals surface area contributed by atoms with E-state index in [4.69, 9.17) is 0 Å². The topological polar surface area (TPSA) is 40.5 Å². The number of phenolic OH excluding ortho intramolecular Hbond substituents is 1. The number of phenols is 1. The van der Waals surface area contributed by atoms with Gasteiger partial charge in [-0.3, -0.25) is 4.79 Å². The average Bonchev–Trinajstić information content (AvgIpc) is 2.45. The molecule has 21 heavy (non-hydrogen) atoms. The molecular formula is C18H21NO2. The molecule has 0 heterocycles. The van der Waals surface area contributed by atoms with Gasteiger partial charge in [0.15, 0.2) is 0 Å². The third kappa shape index (κ3) is 4.09. The average molecular weight is 283 g/mol. The first kappa shape index (κ1) is 15.1. The Morgan fingerprint density at radius 3 is 2.43 bits per heavy atom. The van der Waals surface area contributed by atoms with E-state index in [9.17, 15) is 9.90 Å². The molecule has 0 radical (unpaired) electrons. The summed E-state index contributed by atoms with van der Waals surface area (Å²) in [5, 5.41) is 9.27. The van der Waals surface area contributed by atoms with E-state index >= 15 is 0 Å². The van der Waals surface area contributed by atoms with Crippen LogP contribution in [0, 0.1) is 13.8 Å². The zero-order valence-corrected chi connectivity index (χ0v) is 12.8. The third-order valence-corrected chi connectivity index (χ3v) is 3.63. The molecule has 2 aromatic carbocycles. The molecule has 0 aliphatic rings. The largest absolute Gasteiger partial charge is 0.508 e. The summed E-state index contributed by atoms with van der Waals surface area (Å²) in [6.45, 7) is 4.61. The van der Waals surface area contributed by atoms with Crippen LogP contribution in [0.5, 0.6) is 5.75 Å². The Kier molecular flexibility index (Phi) is 4.63. The molecule has 1 amide bonds. The minimum Gasteiger partial charge on any atom is -0.508 e. The van der Waals surface area contributed by atoms with Gasteiger partial charge in [0.2, 0.25) is 5.91 Å². The lowest BCUT2D eigenvalue weighted by Crippen LogP contribution is -2.27. The van der Waals surface area contributed by atoms with E-state index in [-0.39, 0.29) is 11.7 Å². The minimum absolute atomic E-state index is 0.0942. The number of carbonyl (C=O) groups excluding carboxylic acids is 1. The van der Waals surface area contributed by atoms with Crippen molar-refractivity contribution in [3.05, 3.63) is 64.7 Å². The number of aromatic hydroxyl groups is 1. The van der Waals surface area contributed by atoms with Gasteiger partial charge in [0.05, 0.1) is 6.42 Å². The fourth-order valence-corrected chi connectivity index (χ4v) is 2.25. The SMILES string of the molecule is Cc1ccc(C)c(CC(=O)N(C)Cc2ccc(O)cc2)c1. The number of hydrogen-bond donors (Lipinski definition) is 1. The van der Waals surface area contributed by atoms with Crippen molar-refractivity contribution in [1.82, 2.24) is 4.90 Å². The van der Waals surface area contributed by atoms with Crippen LogP contribution in [0.15, 0.2) is 42.5 Å². The van der Waals surface area contributed by atoms with E-state index in [1.807, 2.05) is 26.0 Å². The molecule has 3 nitrogen and oxygen atoms in total. The molecule has 0 unspecified atom stereocenters. The van der Waals surface area contributed by atoms with E-state index in [1.54, 1.807) is 24.1 Å². The Labute approximate surface area is 125 Å². The van der Waals surface area contributed by atoms with E-state index in [0.29, 0.717) is 13.0 Å². The van der Waals surface area contributed by atoms with Crippen molar-refractivity contribution >= 4 is 5.91 Å². The van der Waals surface area contributed by atoms with E-state index in [1.165, 1.54) is 5.56 Å². The molecule has 0 saturated carbocycles. The van der Waals surface area contributed by atoms with E-state index in [2.05, 4.69) is 18.2 Å². The van der Waals surface area contributed by atoms with Crippen LogP contribution in [0.4, 0.5) is 0 Å². The number of rotatable bonds is 4. The lowest BCUT2D eigenvalue weighted by atomic mass is 10.0. The highest BCUT2D eigenvalue weighted by molar-refractivity contribution is 5.79. The smallest absolute Gasteiger partial charge is 0.227 e. The summed E-state index contributed by atoms with van der Waals surface area (Å²) in [4.78, 5) is 14.0. The van der Waals surface area contributed by atoms with Gasteiger partial charge in [-0.25, -0.2) is 0 Å². The molecule has 2 rings (SSSR count). The lowest BCUT2D eigenvalue weighted by molar-refractivity contribution is -0.129. The molecule has 1 N–H and O–H groups in total. The maximum atomic E-state index is 12.3. The maximum absolute atomic E-state index is 12.3. The van der Waals surface area contributed by atoms with Gasteiger partial charge in [0.25, 0.3) is 0 Å². The minimum atomic E-state index is 0.0942. The van der Waals surface area contributed by atoms with Crippen LogP contribution in [0.3, 0.4) is 0 Å². The highest BCUT2D eigenvalue weighted by atomic mass is 16.3. The zero-order valence-electron chi connectivity index (χ0n) is 12.8. The van der Waals surface area contributed by atoms with Gasteiger partial charge in [-0.2, -0.15) is 0 Å². The molecule has 2 aromatic rings. The molecule has 0 fully saturated rings. The molecule has 0 spiro atoms. The van der Waals surface area contributed by atoms with Crippen LogP contribution < -0.4 is 0 Å². The summed E-state index contributed by atoms with van der Waals surface area (Å²) < 4.78 is 0. The summed E-state index contributed by atoms with van der Waals surface area (Å²) in [6.07, 6.45) is 0.419. The number of likely N-dealkylation sites (N-methyl/N-ethyl adjacent to an activating group) is 1. The molecule has 0 bridgehead atoms. The van der Waals surface area contributed by atoms with Crippen LogP contribution in [-0.4, -0.2) is 23.0 Å². The van der Waals surface area contributed by atoms with Crippen molar-refractivity contribution in [1.29, 1.82) is 0 Å². The Morgan fingerprint density at radius 1 is 1.10 bits per heavy atom. The monoisotopic (exact) mass is 283 g/mol. The second-order valence-corrected chi connectivity index (χ2v) is 5.52. The van der Waals surface area contributed by atoms with Crippen molar-refractivity contribution in [2.75, 3.05) is 7.05 Å². The summed E-state index contributed by atoms with van der Waals surface area (Å²) in [5.41, 5.74) is 4.40. The molecule has 3 heteroatoms. The van der Waals surface area contributed by atoms with Crippen molar-refractivity contribution in [3.63, 3.8) is 0 Å². The highest BCUT2D eigenvalue weighted by Gasteiger charge is 2.12. The molecular weight excluding hydrogens is 262 g/mol. The molecule has 0 saturated heterocycles. The van der Waals surface area contributed by atoms with Gasteiger partial charge in [-0.05, 0) is 42.7 Å². The van der Waals surface area contributed by atoms with Crippen LogP contribution in [0.2, 0.25) is 0 Å². The second-order valence-electron chi connectivity index (χ2n) is 5.52. The standard InChI is InChI=1S/C18H21NO2/c1-13-4-5-14(2)16(10-13)11-18(21)19(3)12-15-6-8-17(20)9-7-15/h4-10,20H,11-12H2,1-3H3. The number of aryl methyl sites for hydroxylation is 2. The quantitative estimate of drug-likeness (QED) is 0.936. The first-order valence-electron chi connectivity index (χ1n) is 7.03. The number of hydrogen-bond acceptors (Lipinski definition) is 2. The van der Waals surface area contributed by atoms with Crippen molar-refractivity contribution in [2.24, 2.45) is 0 Å². The Bertz CT molecular complexity index is 632. The van der Waals surface area contributed by atoms with Crippen LogP contribution in [0.25, 0.3) is 0 Å². The number of carbonyl (C=O) groups is 1. The normalized spacial score (nSPS) is 10.4. The van der Waals surface area contributed by atoms with Gasteiger partial charge < -0.3 is 10.0 Å². The summed E-state index contributed by atoms with van der Waals surface area (Å²) in [6, 6.07) is 13.1.